The van der Waals surface area contributed by atoms with Gasteiger partial charge in [0.25, 0.3) is 11.7 Å². The smallest absolute Gasteiger partial charge is 0.293 e. The van der Waals surface area contributed by atoms with Gasteiger partial charge in [0.1, 0.15) is 11.5 Å². The monoisotopic (exact) mass is 369 g/mol. The normalized spacial score (nSPS) is 18.1. The predicted octanol–water partition coefficient (Wildman–Crippen LogP) is 2.42. The molecule has 27 heavy (non-hydrogen) atoms. The van der Waals surface area contributed by atoms with Gasteiger partial charge in [0.15, 0.2) is 11.5 Å². The van der Waals surface area contributed by atoms with E-state index in [1.165, 1.54) is 21.3 Å². The fraction of sp³-hybridized carbons (Fsp3) is 0.200. The topological polar surface area (TPSA) is 94.1 Å². The number of ether oxygens (including phenoxy) is 3. The lowest BCUT2D eigenvalue weighted by molar-refractivity contribution is -0.133. The molecule has 0 spiro atoms. The van der Waals surface area contributed by atoms with Crippen LogP contribution in [0.2, 0.25) is 0 Å². The summed E-state index contributed by atoms with van der Waals surface area (Å²) in [5.41, 5.74) is 0.927. The largest absolute Gasteiger partial charge is 0.507 e. The zero-order chi connectivity index (χ0) is 19.6. The second kappa shape index (κ2) is 7.41. The van der Waals surface area contributed by atoms with Crippen molar-refractivity contribution in [1.82, 2.24) is 5.32 Å². The number of amides is 1. The Morgan fingerprint density at radius 2 is 1.70 bits per heavy atom. The summed E-state index contributed by atoms with van der Waals surface area (Å²) in [5, 5.41) is 13.3. The van der Waals surface area contributed by atoms with Crippen LogP contribution in [-0.4, -0.2) is 38.1 Å². The quantitative estimate of drug-likeness (QED) is 0.478. The highest BCUT2D eigenvalue weighted by Gasteiger charge is 2.39. The number of nitrogens with one attached hydrogen (secondary N) is 1. The van der Waals surface area contributed by atoms with Gasteiger partial charge in [0, 0.05) is 5.56 Å². The number of carbonyl (C=O) groups excluding carboxylic acids is 2. The van der Waals surface area contributed by atoms with Gasteiger partial charge in [-0.3, -0.25) is 9.59 Å². The van der Waals surface area contributed by atoms with Gasteiger partial charge in [0.05, 0.1) is 32.9 Å². The van der Waals surface area contributed by atoms with Crippen molar-refractivity contribution in [2.45, 2.75) is 6.04 Å². The minimum absolute atomic E-state index is 0.0273. The second-order valence-corrected chi connectivity index (χ2v) is 5.84. The third kappa shape index (κ3) is 3.31. The van der Waals surface area contributed by atoms with Crippen molar-refractivity contribution < 1.29 is 28.9 Å². The fourth-order valence-electron chi connectivity index (χ4n) is 2.97. The van der Waals surface area contributed by atoms with E-state index in [1.54, 1.807) is 42.5 Å². The van der Waals surface area contributed by atoms with Crippen molar-refractivity contribution in [3.05, 3.63) is 59.2 Å². The van der Waals surface area contributed by atoms with Crippen LogP contribution in [-0.2, 0) is 9.59 Å². The van der Waals surface area contributed by atoms with Crippen molar-refractivity contribution in [1.29, 1.82) is 0 Å². The fourth-order valence-corrected chi connectivity index (χ4v) is 2.97. The molecule has 0 unspecified atom stereocenters. The maximum absolute atomic E-state index is 12.4. The van der Waals surface area contributed by atoms with E-state index in [2.05, 4.69) is 5.32 Å². The Morgan fingerprint density at radius 1 is 0.963 bits per heavy atom. The molecule has 0 bridgehead atoms. The molecule has 1 aliphatic heterocycles. The lowest BCUT2D eigenvalue weighted by Crippen LogP contribution is -2.21. The third-order valence-corrected chi connectivity index (χ3v) is 4.35. The van der Waals surface area contributed by atoms with Gasteiger partial charge in [-0.25, -0.2) is 0 Å². The van der Waals surface area contributed by atoms with Crippen LogP contribution < -0.4 is 19.5 Å². The van der Waals surface area contributed by atoms with Crippen molar-refractivity contribution in [2.75, 3.05) is 21.3 Å². The highest BCUT2D eigenvalue weighted by atomic mass is 16.5. The predicted molar refractivity (Wildman–Crippen MR) is 98.0 cm³/mol. The van der Waals surface area contributed by atoms with Crippen LogP contribution >= 0.6 is 0 Å². The molecule has 1 heterocycles. The molecular weight excluding hydrogens is 350 g/mol. The molecule has 1 atom stereocenters. The Kier molecular flexibility index (Phi) is 5.03. The molecule has 3 rings (SSSR count). The number of hydrogen-bond donors (Lipinski definition) is 2. The molecule has 0 aromatic heterocycles. The summed E-state index contributed by atoms with van der Waals surface area (Å²) >= 11 is 0. The van der Waals surface area contributed by atoms with E-state index in [4.69, 9.17) is 14.2 Å². The molecule has 1 amide bonds. The molecule has 140 valence electrons. The first-order valence-electron chi connectivity index (χ1n) is 8.14. The Hall–Kier alpha value is -3.48. The van der Waals surface area contributed by atoms with Gasteiger partial charge >= 0.3 is 0 Å². The van der Waals surface area contributed by atoms with Gasteiger partial charge in [0.2, 0.25) is 0 Å². The Labute approximate surface area is 156 Å². The Morgan fingerprint density at radius 3 is 2.37 bits per heavy atom. The molecule has 1 fully saturated rings. The molecule has 7 heteroatoms. The van der Waals surface area contributed by atoms with Crippen LogP contribution in [0.4, 0.5) is 0 Å². The summed E-state index contributed by atoms with van der Waals surface area (Å²) in [7, 11) is 4.50. The van der Waals surface area contributed by atoms with E-state index < -0.39 is 17.7 Å². The number of methoxy groups -OCH3 is 3. The van der Waals surface area contributed by atoms with Crippen LogP contribution in [0.5, 0.6) is 17.2 Å². The van der Waals surface area contributed by atoms with Crippen molar-refractivity contribution in [3.8, 4) is 17.2 Å². The van der Waals surface area contributed by atoms with E-state index in [0.29, 0.717) is 28.4 Å². The number of carbonyl (C=O) groups is 2. The highest BCUT2D eigenvalue weighted by molar-refractivity contribution is 6.46. The lowest BCUT2D eigenvalue weighted by atomic mass is 9.95. The Balaban J connectivity index is 2.12. The van der Waals surface area contributed by atoms with Crippen molar-refractivity contribution in [3.63, 3.8) is 0 Å². The van der Waals surface area contributed by atoms with Crippen LogP contribution in [0.3, 0.4) is 0 Å². The van der Waals surface area contributed by atoms with E-state index in [9.17, 15) is 14.7 Å². The number of rotatable bonds is 5. The first-order valence-corrected chi connectivity index (χ1v) is 8.14. The zero-order valence-electron chi connectivity index (χ0n) is 15.1. The second-order valence-electron chi connectivity index (χ2n) is 5.84. The van der Waals surface area contributed by atoms with Crippen molar-refractivity contribution in [2.24, 2.45) is 0 Å². The van der Waals surface area contributed by atoms with E-state index in [-0.39, 0.29) is 11.3 Å². The molecule has 1 aliphatic rings. The molecule has 0 saturated carbocycles. The number of benzene rings is 2. The maximum Gasteiger partial charge on any atom is 0.293 e. The number of hydrogen-bond acceptors (Lipinski definition) is 6. The zero-order valence-corrected chi connectivity index (χ0v) is 15.1. The molecule has 2 aromatic rings. The summed E-state index contributed by atoms with van der Waals surface area (Å²) in [4.78, 5) is 24.4. The molecule has 1 saturated heterocycles. The number of Topliss-reactive ketones (excluding diaryl/α,β-unsaturated/α-hetero) is 1. The molecule has 2 aromatic carbocycles. The molecule has 0 aliphatic carbocycles. The minimum atomic E-state index is -0.809. The van der Waals surface area contributed by atoms with Gasteiger partial charge in [-0.15, -0.1) is 0 Å². The molecular formula is C20H19NO6. The minimum Gasteiger partial charge on any atom is -0.507 e. The van der Waals surface area contributed by atoms with Crippen LogP contribution in [0.15, 0.2) is 48.0 Å². The molecule has 2 N–H and O–H groups in total. The van der Waals surface area contributed by atoms with Crippen LogP contribution in [0.1, 0.15) is 17.2 Å². The van der Waals surface area contributed by atoms with Crippen molar-refractivity contribution >= 4 is 17.4 Å². The first kappa shape index (κ1) is 18.3. The average molecular weight is 369 g/mol. The van der Waals surface area contributed by atoms with Gasteiger partial charge in [-0.1, -0.05) is 18.2 Å². The van der Waals surface area contributed by atoms with E-state index in [0.717, 1.165) is 0 Å². The molecule has 7 nitrogen and oxygen atoms in total. The summed E-state index contributed by atoms with van der Waals surface area (Å²) in [6, 6.07) is 10.8. The third-order valence-electron chi connectivity index (χ3n) is 4.35. The van der Waals surface area contributed by atoms with Crippen LogP contribution in [0, 0.1) is 0 Å². The summed E-state index contributed by atoms with van der Waals surface area (Å²) in [6.45, 7) is 0. The summed E-state index contributed by atoms with van der Waals surface area (Å²) in [5.74, 6) is -0.360. The summed E-state index contributed by atoms with van der Waals surface area (Å²) in [6.07, 6.45) is 0. The van der Waals surface area contributed by atoms with Gasteiger partial charge in [-0.2, -0.15) is 0 Å². The Bertz CT molecular complexity index is 934. The standard InChI is InChI=1S/C20H19NO6/c1-25-13-6-4-5-12(9-13)18(22)16-17(21-20(24)19(16)23)11-7-8-14(26-2)15(10-11)27-3/h4-10,17,22H,1-3H3,(H,21,24)/t17-/m0/s1. The highest BCUT2D eigenvalue weighted by Crippen LogP contribution is 2.37. The van der Waals surface area contributed by atoms with Gasteiger partial charge < -0.3 is 24.6 Å². The first-order chi connectivity index (χ1) is 13.0. The number of aliphatic hydroxyl groups is 1. The van der Waals surface area contributed by atoms with E-state index in [1.807, 2.05) is 0 Å². The lowest BCUT2D eigenvalue weighted by Gasteiger charge is -2.16. The van der Waals surface area contributed by atoms with E-state index >= 15 is 0 Å². The average Bonchev–Trinajstić information content (AvgIpc) is 3.01. The SMILES string of the molecule is COc1cccc(C(O)=C2C(=O)C(=O)N[C@H]2c2ccc(OC)c(OC)c2)c1. The number of ketones is 1. The molecule has 0 radical (unpaired) electrons. The number of aliphatic hydroxyl groups excluding tert-OH is 1. The summed E-state index contributed by atoms with van der Waals surface area (Å²) < 4.78 is 15.6. The van der Waals surface area contributed by atoms with Crippen LogP contribution in [0.25, 0.3) is 5.76 Å². The van der Waals surface area contributed by atoms with Gasteiger partial charge in [-0.05, 0) is 29.8 Å². The maximum atomic E-state index is 12.4.